The van der Waals surface area contributed by atoms with E-state index in [4.69, 9.17) is 10.5 Å². The van der Waals surface area contributed by atoms with Crippen molar-refractivity contribution in [3.63, 3.8) is 0 Å². The largest absolute Gasteiger partial charge is 0.492 e. The van der Waals surface area contributed by atoms with Crippen LogP contribution in [0.4, 0.5) is 0 Å². The Labute approximate surface area is 108 Å². The quantitative estimate of drug-likeness (QED) is 0.746. The van der Waals surface area contributed by atoms with E-state index >= 15 is 0 Å². The molecule has 0 spiro atoms. The van der Waals surface area contributed by atoms with Crippen molar-refractivity contribution < 1.29 is 9.53 Å². The average molecular weight is 250 g/mol. The Balaban J connectivity index is 2.41. The van der Waals surface area contributed by atoms with Gasteiger partial charge in [-0.05, 0) is 45.8 Å². The zero-order valence-corrected chi connectivity index (χ0v) is 11.8. The van der Waals surface area contributed by atoms with E-state index < -0.39 is 5.54 Å². The molecule has 2 atom stereocenters. The lowest BCUT2D eigenvalue weighted by Gasteiger charge is -2.37. The molecule has 2 unspecified atom stereocenters. The normalized spacial score (nSPS) is 33.7. The molecule has 1 heterocycles. The number of carbonyl (C=O) groups excluding carboxylic acids is 1. The van der Waals surface area contributed by atoms with Crippen molar-refractivity contribution in [2.24, 2.45) is 11.7 Å². The molecule has 2 aliphatic rings. The van der Waals surface area contributed by atoms with Crippen LogP contribution in [0.25, 0.3) is 0 Å². The topological polar surface area (TPSA) is 64.3 Å². The van der Waals surface area contributed by atoms with Crippen molar-refractivity contribution in [3.05, 3.63) is 23.1 Å². The number of carbonyl (C=O) groups is 1. The summed E-state index contributed by atoms with van der Waals surface area (Å²) >= 11 is 0. The first-order chi connectivity index (χ1) is 8.13. The average Bonchev–Trinajstić information content (AvgIpc) is 2.52. The van der Waals surface area contributed by atoms with Gasteiger partial charge < -0.3 is 15.8 Å². The summed E-state index contributed by atoms with van der Waals surface area (Å²) in [6.45, 7) is 9.59. The number of hydrogen-bond donors (Lipinski definition) is 2. The molecule has 4 heteroatoms. The van der Waals surface area contributed by atoms with E-state index in [2.05, 4.69) is 19.2 Å². The zero-order chi connectivity index (χ0) is 13.7. The molecule has 100 valence electrons. The van der Waals surface area contributed by atoms with Crippen LogP contribution in [0.3, 0.4) is 0 Å². The Morgan fingerprint density at radius 1 is 1.50 bits per heavy atom. The Morgan fingerprint density at radius 2 is 2.11 bits per heavy atom. The maximum atomic E-state index is 11.3. The third-order valence-electron chi connectivity index (χ3n) is 3.76. The smallest absolute Gasteiger partial charge is 0.221 e. The zero-order valence-electron chi connectivity index (χ0n) is 11.8. The highest BCUT2D eigenvalue weighted by atomic mass is 16.5. The number of ether oxygens (including phenoxy) is 1. The molecular formula is C14H22N2O2. The van der Waals surface area contributed by atoms with Crippen molar-refractivity contribution in [2.45, 2.75) is 52.2 Å². The van der Waals surface area contributed by atoms with E-state index in [1.54, 1.807) is 0 Å². The highest BCUT2D eigenvalue weighted by Gasteiger charge is 2.49. The van der Waals surface area contributed by atoms with Crippen LogP contribution in [0.2, 0.25) is 0 Å². The lowest BCUT2D eigenvalue weighted by molar-refractivity contribution is -0.118. The van der Waals surface area contributed by atoms with Crippen molar-refractivity contribution >= 4 is 5.91 Å². The summed E-state index contributed by atoms with van der Waals surface area (Å²) < 4.78 is 6.00. The van der Waals surface area contributed by atoms with E-state index in [0.29, 0.717) is 0 Å². The fourth-order valence-electron chi connectivity index (χ4n) is 2.83. The minimum Gasteiger partial charge on any atom is -0.492 e. The summed E-state index contributed by atoms with van der Waals surface area (Å²) in [7, 11) is 0. The molecule has 0 aromatic carbocycles. The number of hydrogen-bond acceptors (Lipinski definition) is 3. The minimum atomic E-state index is -0.589. The van der Waals surface area contributed by atoms with Gasteiger partial charge in [-0.2, -0.15) is 0 Å². The molecule has 1 saturated heterocycles. The van der Waals surface area contributed by atoms with Crippen LogP contribution in [-0.4, -0.2) is 17.0 Å². The molecule has 4 nitrogen and oxygen atoms in total. The number of amides is 1. The van der Waals surface area contributed by atoms with Gasteiger partial charge in [-0.15, -0.1) is 0 Å². The summed E-state index contributed by atoms with van der Waals surface area (Å²) in [6, 6.07) is 0. The molecule has 1 fully saturated rings. The molecule has 3 N–H and O–H groups in total. The van der Waals surface area contributed by atoms with Crippen molar-refractivity contribution in [1.82, 2.24) is 5.32 Å². The number of nitrogens with two attached hydrogens (primary N) is 1. The second-order valence-electron chi connectivity index (χ2n) is 6.19. The van der Waals surface area contributed by atoms with Crippen LogP contribution in [0.5, 0.6) is 0 Å². The lowest BCUT2D eigenvalue weighted by Crippen LogP contribution is -2.52. The van der Waals surface area contributed by atoms with Crippen LogP contribution in [0, 0.1) is 5.92 Å². The van der Waals surface area contributed by atoms with Gasteiger partial charge in [0.15, 0.2) is 0 Å². The molecule has 0 radical (unpaired) electrons. The van der Waals surface area contributed by atoms with E-state index in [1.165, 1.54) is 6.92 Å². The van der Waals surface area contributed by atoms with Crippen molar-refractivity contribution in [2.75, 3.05) is 0 Å². The van der Waals surface area contributed by atoms with Gasteiger partial charge in [0.1, 0.15) is 11.4 Å². The summed E-state index contributed by atoms with van der Waals surface area (Å²) in [6.07, 6.45) is 2.79. The molecule has 0 bridgehead atoms. The van der Waals surface area contributed by atoms with Gasteiger partial charge in [0, 0.05) is 18.5 Å². The standard InChI is InChI=1S/C14H22N2O2/c1-8-6-11(16-9(2)17)14(5,15)10-7-13(3,4)18-12(8)10/h6,10H,7,15H2,1-5H3,(H,16,17). The second-order valence-corrected chi connectivity index (χ2v) is 6.19. The summed E-state index contributed by atoms with van der Waals surface area (Å²) in [5, 5.41) is 2.85. The molecular weight excluding hydrogens is 228 g/mol. The highest BCUT2D eigenvalue weighted by Crippen LogP contribution is 2.47. The van der Waals surface area contributed by atoms with Gasteiger partial charge in [-0.1, -0.05) is 0 Å². The number of rotatable bonds is 1. The number of fused-ring (bicyclic) bond motifs is 1. The molecule has 1 aliphatic carbocycles. The third kappa shape index (κ3) is 2.05. The van der Waals surface area contributed by atoms with E-state index in [-0.39, 0.29) is 17.4 Å². The SMILES string of the molecule is CC(=O)NC1=CC(C)=C2OC(C)(C)CC2C1(C)N. The van der Waals surface area contributed by atoms with Crippen LogP contribution < -0.4 is 11.1 Å². The first-order valence-electron chi connectivity index (χ1n) is 6.32. The summed E-state index contributed by atoms with van der Waals surface area (Å²) in [5.41, 5.74) is 7.49. The Kier molecular flexibility index (Phi) is 2.81. The first-order valence-corrected chi connectivity index (χ1v) is 6.32. The predicted octanol–water partition coefficient (Wildman–Crippen LogP) is 1.83. The van der Waals surface area contributed by atoms with E-state index in [1.807, 2.05) is 19.9 Å². The summed E-state index contributed by atoms with van der Waals surface area (Å²) in [4.78, 5) is 11.3. The number of nitrogens with one attached hydrogen (secondary N) is 1. The fraction of sp³-hybridized carbons (Fsp3) is 0.643. The molecule has 0 aromatic rings. The second kappa shape index (κ2) is 3.85. The lowest BCUT2D eigenvalue weighted by atomic mass is 9.74. The Hall–Kier alpha value is -1.29. The molecule has 18 heavy (non-hydrogen) atoms. The summed E-state index contributed by atoms with van der Waals surface area (Å²) in [5.74, 6) is 1.01. The van der Waals surface area contributed by atoms with Crippen LogP contribution >= 0.6 is 0 Å². The van der Waals surface area contributed by atoms with Gasteiger partial charge >= 0.3 is 0 Å². The van der Waals surface area contributed by atoms with Crippen LogP contribution in [0.15, 0.2) is 23.1 Å². The van der Waals surface area contributed by atoms with Gasteiger partial charge in [-0.3, -0.25) is 4.79 Å². The molecule has 0 aromatic heterocycles. The third-order valence-corrected chi connectivity index (χ3v) is 3.76. The predicted molar refractivity (Wildman–Crippen MR) is 70.5 cm³/mol. The van der Waals surface area contributed by atoms with Gasteiger partial charge in [0.25, 0.3) is 0 Å². The first kappa shape index (κ1) is 13.1. The van der Waals surface area contributed by atoms with Gasteiger partial charge in [0.05, 0.1) is 5.54 Å². The van der Waals surface area contributed by atoms with Gasteiger partial charge in [-0.25, -0.2) is 0 Å². The molecule has 1 amide bonds. The Morgan fingerprint density at radius 3 is 2.67 bits per heavy atom. The van der Waals surface area contributed by atoms with E-state index in [9.17, 15) is 4.79 Å². The van der Waals surface area contributed by atoms with Crippen LogP contribution in [-0.2, 0) is 9.53 Å². The molecule has 1 aliphatic heterocycles. The monoisotopic (exact) mass is 250 g/mol. The van der Waals surface area contributed by atoms with Crippen LogP contribution in [0.1, 0.15) is 41.0 Å². The van der Waals surface area contributed by atoms with Crippen molar-refractivity contribution in [3.8, 4) is 0 Å². The minimum absolute atomic E-state index is 0.0904. The van der Waals surface area contributed by atoms with E-state index in [0.717, 1.165) is 23.5 Å². The fourth-order valence-corrected chi connectivity index (χ4v) is 2.83. The maximum Gasteiger partial charge on any atom is 0.221 e. The van der Waals surface area contributed by atoms with Gasteiger partial charge in [0.2, 0.25) is 5.91 Å². The highest BCUT2D eigenvalue weighted by molar-refractivity contribution is 5.75. The molecule has 2 rings (SSSR count). The maximum absolute atomic E-state index is 11.3. The number of allylic oxidation sites excluding steroid dienone is 2. The molecule has 0 saturated carbocycles. The van der Waals surface area contributed by atoms with Crippen molar-refractivity contribution in [1.29, 1.82) is 0 Å². The Bertz CT molecular complexity index is 458.